The lowest BCUT2D eigenvalue weighted by atomic mass is 9.41. The molecular weight excluding hydrogens is 332 g/mol. The molecule has 0 saturated heterocycles. The van der Waals surface area contributed by atoms with Gasteiger partial charge < -0.3 is 19.7 Å². The van der Waals surface area contributed by atoms with E-state index in [-0.39, 0.29) is 35.2 Å². The van der Waals surface area contributed by atoms with Crippen LogP contribution in [0.1, 0.15) is 59.3 Å². The van der Waals surface area contributed by atoms with Gasteiger partial charge in [-0.1, -0.05) is 26.8 Å². The van der Waals surface area contributed by atoms with Gasteiger partial charge in [-0.3, -0.25) is 0 Å². The first-order chi connectivity index (χ1) is 12.1. The molecule has 5 nitrogen and oxygen atoms in total. The average molecular weight is 364 g/mol. The normalized spacial score (nSPS) is 44.8. The van der Waals surface area contributed by atoms with Gasteiger partial charge in [0.15, 0.2) is 0 Å². The molecule has 26 heavy (non-hydrogen) atoms. The number of aliphatic hydroxyl groups excluding tert-OH is 2. The van der Waals surface area contributed by atoms with Crippen LogP contribution in [0.15, 0.2) is 11.6 Å². The smallest absolute Gasteiger partial charge is 0.333 e. The number of esters is 1. The monoisotopic (exact) mass is 364 g/mol. The first kappa shape index (κ1) is 19.6. The summed E-state index contributed by atoms with van der Waals surface area (Å²) in [4.78, 5) is 24.4. The van der Waals surface area contributed by atoms with Gasteiger partial charge in [0.1, 0.15) is 6.29 Å². The van der Waals surface area contributed by atoms with Gasteiger partial charge in [-0.15, -0.1) is 0 Å². The fourth-order valence-corrected chi connectivity index (χ4v) is 6.52. The van der Waals surface area contributed by atoms with Gasteiger partial charge in [0.05, 0.1) is 24.7 Å². The molecule has 6 atom stereocenters. The van der Waals surface area contributed by atoms with Crippen LogP contribution in [-0.2, 0) is 14.3 Å². The van der Waals surface area contributed by atoms with E-state index in [1.54, 1.807) is 0 Å². The van der Waals surface area contributed by atoms with E-state index in [2.05, 4.69) is 20.8 Å². The predicted molar refractivity (Wildman–Crippen MR) is 97.2 cm³/mol. The number of aldehydes is 1. The van der Waals surface area contributed by atoms with Crippen molar-refractivity contribution in [2.75, 3.05) is 7.11 Å². The maximum atomic E-state index is 12.3. The van der Waals surface area contributed by atoms with Crippen LogP contribution in [0.3, 0.4) is 0 Å². The molecule has 0 bridgehead atoms. The van der Waals surface area contributed by atoms with Gasteiger partial charge in [-0.05, 0) is 54.8 Å². The molecule has 3 aliphatic carbocycles. The first-order valence-electron chi connectivity index (χ1n) is 9.73. The van der Waals surface area contributed by atoms with Crippen LogP contribution in [0.25, 0.3) is 0 Å². The van der Waals surface area contributed by atoms with Crippen molar-refractivity contribution in [1.29, 1.82) is 0 Å². The second-order valence-electron chi connectivity index (χ2n) is 9.43. The standard InChI is InChI=1S/C21H32O5/c1-19(2)14-7-10-21(12-22)15(20(14,3)9-8-16(19)23)6-5-13(11-17(21)24)18(25)26-4/h5,12,14-17,23-24H,6-11H2,1-4H3. The van der Waals surface area contributed by atoms with Crippen molar-refractivity contribution >= 4 is 12.3 Å². The summed E-state index contributed by atoms with van der Waals surface area (Å²) in [5.41, 5.74) is -0.763. The molecule has 0 aromatic carbocycles. The van der Waals surface area contributed by atoms with Crippen molar-refractivity contribution in [2.45, 2.75) is 71.5 Å². The Hall–Kier alpha value is -1.20. The summed E-state index contributed by atoms with van der Waals surface area (Å²) in [5, 5.41) is 21.6. The van der Waals surface area contributed by atoms with Crippen molar-refractivity contribution in [1.82, 2.24) is 0 Å². The molecule has 3 aliphatic rings. The lowest BCUT2D eigenvalue weighted by Crippen LogP contribution is -2.61. The van der Waals surface area contributed by atoms with E-state index < -0.39 is 17.5 Å². The van der Waals surface area contributed by atoms with E-state index in [9.17, 15) is 19.8 Å². The van der Waals surface area contributed by atoms with Gasteiger partial charge in [-0.25, -0.2) is 4.79 Å². The fraction of sp³-hybridized carbons (Fsp3) is 0.810. The third-order valence-electron chi connectivity index (χ3n) is 8.12. The molecular formula is C21H32O5. The Morgan fingerprint density at radius 2 is 1.85 bits per heavy atom. The Bertz CT molecular complexity index is 624. The third-order valence-corrected chi connectivity index (χ3v) is 8.12. The van der Waals surface area contributed by atoms with Crippen molar-refractivity contribution in [3.8, 4) is 0 Å². The van der Waals surface area contributed by atoms with Crippen LogP contribution in [-0.4, -0.2) is 41.8 Å². The van der Waals surface area contributed by atoms with Crippen LogP contribution in [0.2, 0.25) is 0 Å². The van der Waals surface area contributed by atoms with Crippen LogP contribution in [0, 0.1) is 28.1 Å². The summed E-state index contributed by atoms with van der Waals surface area (Å²) in [7, 11) is 1.34. The number of ether oxygens (including phenoxy) is 1. The summed E-state index contributed by atoms with van der Waals surface area (Å²) >= 11 is 0. The number of carbonyl (C=O) groups excluding carboxylic acids is 2. The summed E-state index contributed by atoms with van der Waals surface area (Å²) in [5.74, 6) is -0.197. The fourth-order valence-electron chi connectivity index (χ4n) is 6.52. The number of allylic oxidation sites excluding steroid dienone is 1. The van der Waals surface area contributed by atoms with Gasteiger partial charge >= 0.3 is 5.97 Å². The topological polar surface area (TPSA) is 83.8 Å². The molecule has 6 unspecified atom stereocenters. The van der Waals surface area contributed by atoms with Crippen LogP contribution in [0.4, 0.5) is 0 Å². The SMILES string of the molecule is COC(=O)C1=CCC2C3(C)CCC(O)C(C)(C)C3CCC2(C=O)C(O)C1. The molecule has 5 heteroatoms. The average Bonchev–Trinajstić information content (AvgIpc) is 2.76. The number of hydrogen-bond acceptors (Lipinski definition) is 5. The zero-order chi connectivity index (χ0) is 19.3. The van der Waals surface area contributed by atoms with Gasteiger partial charge in [0, 0.05) is 12.0 Å². The zero-order valence-corrected chi connectivity index (χ0v) is 16.3. The largest absolute Gasteiger partial charge is 0.466 e. The summed E-state index contributed by atoms with van der Waals surface area (Å²) in [6.45, 7) is 6.46. The van der Waals surface area contributed by atoms with Gasteiger partial charge in [0.25, 0.3) is 0 Å². The molecule has 0 aromatic rings. The number of rotatable bonds is 2. The van der Waals surface area contributed by atoms with E-state index in [1.807, 2.05) is 6.08 Å². The molecule has 2 saturated carbocycles. The lowest BCUT2D eigenvalue weighted by Gasteiger charge is -2.63. The van der Waals surface area contributed by atoms with Gasteiger partial charge in [-0.2, -0.15) is 0 Å². The molecule has 0 aromatic heterocycles. The van der Waals surface area contributed by atoms with Crippen LogP contribution in [0.5, 0.6) is 0 Å². The molecule has 3 rings (SSSR count). The lowest BCUT2D eigenvalue weighted by molar-refractivity contribution is -0.190. The Morgan fingerprint density at radius 3 is 2.46 bits per heavy atom. The van der Waals surface area contributed by atoms with Crippen molar-refractivity contribution in [3.63, 3.8) is 0 Å². The Balaban J connectivity index is 2.06. The van der Waals surface area contributed by atoms with E-state index in [1.165, 1.54) is 7.11 Å². The Labute approximate surface area is 155 Å². The second kappa shape index (κ2) is 6.45. The molecule has 146 valence electrons. The zero-order valence-electron chi connectivity index (χ0n) is 16.3. The Kier molecular flexibility index (Phi) is 4.85. The highest BCUT2D eigenvalue weighted by molar-refractivity contribution is 5.88. The summed E-state index contributed by atoms with van der Waals surface area (Å²) < 4.78 is 4.85. The van der Waals surface area contributed by atoms with E-state index in [0.717, 1.165) is 19.1 Å². The van der Waals surface area contributed by atoms with E-state index in [0.29, 0.717) is 24.8 Å². The van der Waals surface area contributed by atoms with Crippen molar-refractivity contribution in [3.05, 3.63) is 11.6 Å². The molecule has 0 spiro atoms. The number of hydrogen-bond donors (Lipinski definition) is 2. The molecule has 2 fully saturated rings. The molecule has 0 radical (unpaired) electrons. The first-order valence-corrected chi connectivity index (χ1v) is 9.73. The van der Waals surface area contributed by atoms with Gasteiger partial charge in [0.2, 0.25) is 0 Å². The van der Waals surface area contributed by atoms with Crippen molar-refractivity contribution in [2.24, 2.45) is 28.1 Å². The number of aliphatic hydroxyl groups is 2. The number of carbonyl (C=O) groups is 2. The highest BCUT2D eigenvalue weighted by Gasteiger charge is 2.63. The minimum Gasteiger partial charge on any atom is -0.466 e. The highest BCUT2D eigenvalue weighted by Crippen LogP contribution is 2.66. The maximum Gasteiger partial charge on any atom is 0.333 e. The predicted octanol–water partition coefficient (Wildman–Crippen LogP) is 2.64. The number of methoxy groups -OCH3 is 1. The van der Waals surface area contributed by atoms with Crippen LogP contribution >= 0.6 is 0 Å². The summed E-state index contributed by atoms with van der Waals surface area (Å²) in [6.07, 6.45) is 5.28. The van der Waals surface area contributed by atoms with Crippen molar-refractivity contribution < 1.29 is 24.5 Å². The minimum absolute atomic E-state index is 0.0461. The molecule has 0 heterocycles. The van der Waals surface area contributed by atoms with Crippen LogP contribution < -0.4 is 0 Å². The second-order valence-corrected chi connectivity index (χ2v) is 9.43. The van der Waals surface area contributed by atoms with E-state index in [4.69, 9.17) is 4.74 Å². The summed E-state index contributed by atoms with van der Waals surface area (Å²) in [6, 6.07) is 0. The van der Waals surface area contributed by atoms with E-state index >= 15 is 0 Å². The number of fused-ring (bicyclic) bond motifs is 3. The Morgan fingerprint density at radius 1 is 1.15 bits per heavy atom. The third kappa shape index (κ3) is 2.58. The maximum absolute atomic E-state index is 12.3. The minimum atomic E-state index is -0.884. The highest BCUT2D eigenvalue weighted by atomic mass is 16.5. The molecule has 0 amide bonds. The molecule has 2 N–H and O–H groups in total. The quantitative estimate of drug-likeness (QED) is 0.581. The molecule has 0 aliphatic heterocycles.